The number of aliphatic imine (C=N–C) groups is 1. The van der Waals surface area contributed by atoms with E-state index in [4.69, 9.17) is 0 Å². The topological polar surface area (TPSA) is 85.0 Å². The second-order valence-electron chi connectivity index (χ2n) is 4.19. The van der Waals surface area contributed by atoms with E-state index < -0.39 is 0 Å². The average molecular weight is 276 g/mol. The van der Waals surface area contributed by atoms with E-state index in [2.05, 4.69) is 30.8 Å². The molecule has 0 unspecified atom stereocenters. The number of aromatic nitrogens is 5. The summed E-state index contributed by atoms with van der Waals surface area (Å²) < 4.78 is 3.59. The van der Waals surface area contributed by atoms with Crippen molar-refractivity contribution in [2.24, 2.45) is 12.0 Å². The van der Waals surface area contributed by atoms with Crippen LogP contribution in [-0.4, -0.2) is 43.6 Å². The predicted molar refractivity (Wildman–Crippen MR) is 76.0 cm³/mol. The van der Waals surface area contributed by atoms with Gasteiger partial charge in [0.1, 0.15) is 18.7 Å². The molecule has 0 spiro atoms. The number of guanidine groups is 1. The Kier molecular flexibility index (Phi) is 5.10. The van der Waals surface area contributed by atoms with E-state index in [1.165, 1.54) is 6.33 Å². The third kappa shape index (κ3) is 4.08. The van der Waals surface area contributed by atoms with Crippen molar-refractivity contribution in [3.63, 3.8) is 0 Å². The monoisotopic (exact) mass is 276 g/mol. The van der Waals surface area contributed by atoms with Crippen molar-refractivity contribution in [1.29, 1.82) is 0 Å². The first-order chi connectivity index (χ1) is 9.79. The second-order valence-corrected chi connectivity index (χ2v) is 4.19. The SMILES string of the molecule is CCNC(=NCc1ncnn1C)NCCn1cccn1. The fourth-order valence-corrected chi connectivity index (χ4v) is 1.68. The third-order valence-electron chi connectivity index (χ3n) is 2.72. The van der Waals surface area contributed by atoms with E-state index in [1.807, 2.05) is 30.9 Å². The van der Waals surface area contributed by atoms with Crippen molar-refractivity contribution < 1.29 is 0 Å². The highest BCUT2D eigenvalue weighted by Crippen LogP contribution is 1.93. The average Bonchev–Trinajstić information content (AvgIpc) is 3.08. The van der Waals surface area contributed by atoms with Crippen molar-refractivity contribution in [1.82, 2.24) is 35.2 Å². The van der Waals surface area contributed by atoms with E-state index in [-0.39, 0.29) is 0 Å². The van der Waals surface area contributed by atoms with Crippen molar-refractivity contribution in [3.8, 4) is 0 Å². The van der Waals surface area contributed by atoms with Crippen LogP contribution in [-0.2, 0) is 20.1 Å². The summed E-state index contributed by atoms with van der Waals surface area (Å²) in [4.78, 5) is 8.62. The van der Waals surface area contributed by atoms with Crippen LogP contribution in [0.15, 0.2) is 29.8 Å². The van der Waals surface area contributed by atoms with Crippen LogP contribution in [0.3, 0.4) is 0 Å². The van der Waals surface area contributed by atoms with Gasteiger partial charge in [0.2, 0.25) is 0 Å². The first-order valence-electron chi connectivity index (χ1n) is 6.62. The molecule has 0 aliphatic carbocycles. The number of hydrogen-bond donors (Lipinski definition) is 2. The molecule has 8 heteroatoms. The maximum atomic E-state index is 4.48. The Morgan fingerprint density at radius 2 is 2.25 bits per heavy atom. The maximum Gasteiger partial charge on any atom is 0.191 e. The molecular weight excluding hydrogens is 256 g/mol. The Bertz CT molecular complexity index is 527. The Balaban J connectivity index is 1.84. The molecule has 0 aliphatic rings. The lowest BCUT2D eigenvalue weighted by atomic mass is 10.5. The van der Waals surface area contributed by atoms with Gasteiger partial charge in [0.15, 0.2) is 5.96 Å². The summed E-state index contributed by atoms with van der Waals surface area (Å²) in [6.07, 6.45) is 5.24. The van der Waals surface area contributed by atoms with Crippen molar-refractivity contribution >= 4 is 5.96 Å². The molecule has 2 aromatic rings. The van der Waals surface area contributed by atoms with Gasteiger partial charge in [-0.05, 0) is 13.0 Å². The molecule has 2 rings (SSSR count). The molecular formula is C12H20N8. The van der Waals surface area contributed by atoms with Gasteiger partial charge < -0.3 is 10.6 Å². The van der Waals surface area contributed by atoms with Gasteiger partial charge >= 0.3 is 0 Å². The van der Waals surface area contributed by atoms with Gasteiger partial charge in [0.25, 0.3) is 0 Å². The third-order valence-corrected chi connectivity index (χ3v) is 2.72. The van der Waals surface area contributed by atoms with Crippen LogP contribution in [0.25, 0.3) is 0 Å². The van der Waals surface area contributed by atoms with Gasteiger partial charge in [-0.1, -0.05) is 0 Å². The Morgan fingerprint density at radius 1 is 1.35 bits per heavy atom. The van der Waals surface area contributed by atoms with Gasteiger partial charge in [-0.25, -0.2) is 9.98 Å². The molecule has 2 N–H and O–H groups in total. The summed E-state index contributed by atoms with van der Waals surface area (Å²) in [5, 5.41) is 14.6. The maximum absolute atomic E-state index is 4.48. The van der Waals surface area contributed by atoms with Gasteiger partial charge in [0.05, 0.1) is 6.54 Å². The lowest BCUT2D eigenvalue weighted by Crippen LogP contribution is -2.39. The van der Waals surface area contributed by atoms with E-state index in [9.17, 15) is 0 Å². The Labute approximate surface area is 117 Å². The van der Waals surface area contributed by atoms with E-state index in [0.29, 0.717) is 6.54 Å². The second kappa shape index (κ2) is 7.27. The first kappa shape index (κ1) is 14.0. The van der Waals surface area contributed by atoms with Crippen LogP contribution in [0.4, 0.5) is 0 Å². The van der Waals surface area contributed by atoms with Crippen LogP contribution in [0, 0.1) is 0 Å². The van der Waals surface area contributed by atoms with Crippen molar-refractivity contribution in [2.45, 2.75) is 20.0 Å². The number of nitrogens with zero attached hydrogens (tertiary/aromatic N) is 6. The summed E-state index contributed by atoms with van der Waals surface area (Å²) in [7, 11) is 1.86. The number of rotatable bonds is 6. The molecule has 2 aromatic heterocycles. The summed E-state index contributed by atoms with van der Waals surface area (Å²) in [5.41, 5.74) is 0. The summed E-state index contributed by atoms with van der Waals surface area (Å²) >= 11 is 0. The zero-order chi connectivity index (χ0) is 14.2. The summed E-state index contributed by atoms with van der Waals surface area (Å²) in [5.74, 6) is 1.59. The molecule has 0 aromatic carbocycles. The standard InChI is InChI=1S/C12H20N8/c1-3-13-12(14-6-8-20-7-4-5-17-20)15-9-11-16-10-18-19(11)2/h4-5,7,10H,3,6,8-9H2,1-2H3,(H2,13,14,15). The van der Waals surface area contributed by atoms with Crippen LogP contribution < -0.4 is 10.6 Å². The van der Waals surface area contributed by atoms with E-state index in [1.54, 1.807) is 10.9 Å². The van der Waals surface area contributed by atoms with Crippen LogP contribution in [0.5, 0.6) is 0 Å². The molecule has 20 heavy (non-hydrogen) atoms. The fourth-order valence-electron chi connectivity index (χ4n) is 1.68. The molecule has 0 saturated heterocycles. The zero-order valence-corrected chi connectivity index (χ0v) is 11.8. The normalized spacial score (nSPS) is 11.6. The number of aryl methyl sites for hydroxylation is 1. The number of hydrogen-bond acceptors (Lipinski definition) is 4. The van der Waals surface area contributed by atoms with Gasteiger partial charge in [-0.3, -0.25) is 9.36 Å². The van der Waals surface area contributed by atoms with Gasteiger partial charge in [-0.2, -0.15) is 10.2 Å². The minimum atomic E-state index is 0.494. The first-order valence-corrected chi connectivity index (χ1v) is 6.62. The molecule has 0 fully saturated rings. The lowest BCUT2D eigenvalue weighted by molar-refractivity contribution is 0.597. The van der Waals surface area contributed by atoms with Crippen LogP contribution in [0.1, 0.15) is 12.7 Å². The lowest BCUT2D eigenvalue weighted by Gasteiger charge is -2.11. The summed E-state index contributed by atoms with van der Waals surface area (Å²) in [6.45, 7) is 4.89. The number of nitrogens with one attached hydrogen (secondary N) is 2. The molecule has 0 saturated carbocycles. The molecule has 0 radical (unpaired) electrons. The summed E-state index contributed by atoms with van der Waals surface area (Å²) in [6, 6.07) is 1.91. The van der Waals surface area contributed by atoms with E-state index >= 15 is 0 Å². The minimum absolute atomic E-state index is 0.494. The molecule has 108 valence electrons. The molecule has 8 nitrogen and oxygen atoms in total. The fraction of sp³-hybridized carbons (Fsp3) is 0.500. The Morgan fingerprint density at radius 3 is 2.90 bits per heavy atom. The van der Waals surface area contributed by atoms with E-state index in [0.717, 1.165) is 31.4 Å². The van der Waals surface area contributed by atoms with Gasteiger partial charge in [0, 0.05) is 32.5 Å². The minimum Gasteiger partial charge on any atom is -0.357 e. The highest BCUT2D eigenvalue weighted by molar-refractivity contribution is 5.79. The molecule has 0 amide bonds. The van der Waals surface area contributed by atoms with Crippen LogP contribution >= 0.6 is 0 Å². The molecule has 0 aliphatic heterocycles. The van der Waals surface area contributed by atoms with Crippen molar-refractivity contribution in [3.05, 3.63) is 30.6 Å². The highest BCUT2D eigenvalue weighted by Gasteiger charge is 2.01. The van der Waals surface area contributed by atoms with Gasteiger partial charge in [-0.15, -0.1) is 0 Å². The molecule has 0 bridgehead atoms. The Hall–Kier alpha value is -2.38. The molecule has 0 atom stereocenters. The van der Waals surface area contributed by atoms with Crippen LogP contribution in [0.2, 0.25) is 0 Å². The zero-order valence-electron chi connectivity index (χ0n) is 11.8. The smallest absolute Gasteiger partial charge is 0.191 e. The quantitative estimate of drug-likeness (QED) is 0.562. The predicted octanol–water partition coefficient (Wildman–Crippen LogP) is -0.233. The highest BCUT2D eigenvalue weighted by atomic mass is 15.3. The molecule has 2 heterocycles. The largest absolute Gasteiger partial charge is 0.357 e. The van der Waals surface area contributed by atoms with Crippen molar-refractivity contribution in [2.75, 3.05) is 13.1 Å².